The summed E-state index contributed by atoms with van der Waals surface area (Å²) in [6.07, 6.45) is -0.473. The second-order valence-corrected chi connectivity index (χ2v) is 4.65. The fraction of sp³-hybridized carbons (Fsp3) is 0.889. The summed E-state index contributed by atoms with van der Waals surface area (Å²) in [4.78, 5) is 10.9. The van der Waals surface area contributed by atoms with Crippen molar-refractivity contribution in [2.45, 2.75) is 38.5 Å². The van der Waals surface area contributed by atoms with E-state index in [0.29, 0.717) is 17.6 Å². The maximum atomic E-state index is 10.9. The summed E-state index contributed by atoms with van der Waals surface area (Å²) >= 11 is 1.64. The van der Waals surface area contributed by atoms with Crippen LogP contribution in [0.4, 0.5) is 0 Å². The number of rotatable bonds is 6. The van der Waals surface area contributed by atoms with E-state index in [2.05, 4.69) is 13.8 Å². The number of hydrogen-bond donors (Lipinski definition) is 1. The Morgan fingerprint density at radius 3 is 2.62 bits per heavy atom. The molecule has 4 heteroatoms. The molecule has 0 saturated heterocycles. The standard InChI is InChI=1S/C9H18O3S/c1-4-12-9(11)5-8(10)6-13-7(2)3/h7-8,10H,4-6H2,1-3H3. The van der Waals surface area contributed by atoms with E-state index in [4.69, 9.17) is 4.74 Å². The molecule has 0 aliphatic rings. The van der Waals surface area contributed by atoms with Gasteiger partial charge in [-0.1, -0.05) is 13.8 Å². The number of aliphatic hydroxyl groups excluding tert-OH is 1. The summed E-state index contributed by atoms with van der Waals surface area (Å²) in [5, 5.41) is 9.86. The molecule has 0 amide bonds. The molecule has 1 N–H and O–H groups in total. The minimum absolute atomic E-state index is 0.105. The topological polar surface area (TPSA) is 46.5 Å². The fourth-order valence-electron chi connectivity index (χ4n) is 0.775. The number of aliphatic hydroxyl groups is 1. The Hall–Kier alpha value is -0.220. The Morgan fingerprint density at radius 2 is 2.15 bits per heavy atom. The van der Waals surface area contributed by atoms with E-state index in [9.17, 15) is 9.90 Å². The molecule has 0 aliphatic heterocycles. The van der Waals surface area contributed by atoms with Crippen molar-refractivity contribution in [3.05, 3.63) is 0 Å². The van der Waals surface area contributed by atoms with Gasteiger partial charge in [0.25, 0.3) is 0 Å². The highest BCUT2D eigenvalue weighted by atomic mass is 32.2. The highest BCUT2D eigenvalue weighted by molar-refractivity contribution is 7.99. The number of thioether (sulfide) groups is 1. The van der Waals surface area contributed by atoms with E-state index >= 15 is 0 Å². The lowest BCUT2D eigenvalue weighted by Crippen LogP contribution is -2.18. The molecule has 0 saturated carbocycles. The molecule has 0 spiro atoms. The predicted octanol–water partition coefficient (Wildman–Crippen LogP) is 1.44. The third kappa shape index (κ3) is 8.12. The average molecular weight is 206 g/mol. The maximum Gasteiger partial charge on any atom is 0.308 e. The van der Waals surface area contributed by atoms with E-state index in [-0.39, 0.29) is 12.4 Å². The molecule has 0 aromatic heterocycles. The van der Waals surface area contributed by atoms with Crippen molar-refractivity contribution in [1.29, 1.82) is 0 Å². The molecular formula is C9H18O3S. The van der Waals surface area contributed by atoms with Crippen molar-refractivity contribution in [2.75, 3.05) is 12.4 Å². The van der Waals surface area contributed by atoms with Gasteiger partial charge in [0.2, 0.25) is 0 Å². The Balaban J connectivity index is 3.49. The zero-order chi connectivity index (χ0) is 10.3. The van der Waals surface area contributed by atoms with Crippen LogP contribution in [0.2, 0.25) is 0 Å². The van der Waals surface area contributed by atoms with E-state index in [0.717, 1.165) is 0 Å². The minimum atomic E-state index is -0.577. The van der Waals surface area contributed by atoms with E-state index < -0.39 is 6.10 Å². The van der Waals surface area contributed by atoms with Crippen LogP contribution in [0.25, 0.3) is 0 Å². The second kappa shape index (κ2) is 7.21. The minimum Gasteiger partial charge on any atom is -0.466 e. The largest absolute Gasteiger partial charge is 0.466 e. The second-order valence-electron chi connectivity index (χ2n) is 3.05. The van der Waals surface area contributed by atoms with Crippen molar-refractivity contribution in [2.24, 2.45) is 0 Å². The lowest BCUT2D eigenvalue weighted by Gasteiger charge is -2.10. The number of carbonyl (C=O) groups excluding carboxylic acids is 1. The van der Waals surface area contributed by atoms with Gasteiger partial charge >= 0.3 is 5.97 Å². The molecule has 0 aromatic carbocycles. The van der Waals surface area contributed by atoms with Crippen LogP contribution in [-0.4, -0.2) is 34.8 Å². The summed E-state index contributed by atoms with van der Waals surface area (Å²) < 4.78 is 4.71. The Labute approximate surface area is 83.9 Å². The third-order valence-corrected chi connectivity index (χ3v) is 2.57. The summed E-state index contributed by atoms with van der Waals surface area (Å²) in [5.74, 6) is 0.274. The van der Waals surface area contributed by atoms with Crippen LogP contribution in [0.15, 0.2) is 0 Å². The van der Waals surface area contributed by atoms with Crippen molar-refractivity contribution < 1.29 is 14.6 Å². The first-order valence-corrected chi connectivity index (χ1v) is 5.56. The van der Waals surface area contributed by atoms with Gasteiger partial charge in [0.1, 0.15) is 0 Å². The summed E-state index contributed by atoms with van der Waals surface area (Å²) in [7, 11) is 0. The number of hydrogen-bond acceptors (Lipinski definition) is 4. The predicted molar refractivity (Wildman–Crippen MR) is 54.9 cm³/mol. The van der Waals surface area contributed by atoms with Gasteiger partial charge in [-0.25, -0.2) is 0 Å². The van der Waals surface area contributed by atoms with Gasteiger partial charge in [-0.3, -0.25) is 4.79 Å². The molecule has 0 bridgehead atoms. The van der Waals surface area contributed by atoms with Gasteiger partial charge in [-0.05, 0) is 12.2 Å². The highest BCUT2D eigenvalue weighted by Gasteiger charge is 2.11. The van der Waals surface area contributed by atoms with Crippen LogP contribution in [-0.2, 0) is 9.53 Å². The molecule has 3 nitrogen and oxygen atoms in total. The lowest BCUT2D eigenvalue weighted by molar-refractivity contribution is -0.144. The van der Waals surface area contributed by atoms with E-state index in [1.165, 1.54) is 0 Å². The van der Waals surface area contributed by atoms with Crippen molar-refractivity contribution in [1.82, 2.24) is 0 Å². The molecule has 13 heavy (non-hydrogen) atoms. The van der Waals surface area contributed by atoms with Crippen LogP contribution in [0.5, 0.6) is 0 Å². The monoisotopic (exact) mass is 206 g/mol. The molecule has 0 heterocycles. The molecule has 0 aromatic rings. The van der Waals surface area contributed by atoms with Gasteiger partial charge in [-0.15, -0.1) is 0 Å². The first-order chi connectivity index (χ1) is 6.06. The Kier molecular flexibility index (Phi) is 7.09. The van der Waals surface area contributed by atoms with Gasteiger partial charge < -0.3 is 9.84 Å². The van der Waals surface area contributed by atoms with Crippen molar-refractivity contribution in [3.63, 3.8) is 0 Å². The van der Waals surface area contributed by atoms with Crippen molar-refractivity contribution >= 4 is 17.7 Å². The zero-order valence-electron chi connectivity index (χ0n) is 8.45. The maximum absolute atomic E-state index is 10.9. The molecular weight excluding hydrogens is 188 g/mol. The van der Waals surface area contributed by atoms with Crippen LogP contribution in [0.1, 0.15) is 27.2 Å². The van der Waals surface area contributed by atoms with Crippen LogP contribution in [0, 0.1) is 0 Å². The van der Waals surface area contributed by atoms with Crippen molar-refractivity contribution in [3.8, 4) is 0 Å². The van der Waals surface area contributed by atoms with Crippen LogP contribution < -0.4 is 0 Å². The fourth-order valence-corrected chi connectivity index (χ4v) is 1.50. The van der Waals surface area contributed by atoms with E-state index in [1.54, 1.807) is 18.7 Å². The van der Waals surface area contributed by atoms with Gasteiger partial charge in [0.05, 0.1) is 19.1 Å². The number of ether oxygens (including phenoxy) is 1. The molecule has 0 rings (SSSR count). The summed E-state index contributed by atoms with van der Waals surface area (Å²) in [5.41, 5.74) is 0. The van der Waals surface area contributed by atoms with Crippen LogP contribution in [0.3, 0.4) is 0 Å². The normalized spacial score (nSPS) is 13.0. The first kappa shape index (κ1) is 12.8. The Morgan fingerprint density at radius 1 is 1.54 bits per heavy atom. The summed E-state index contributed by atoms with van der Waals surface area (Å²) in [6, 6.07) is 0. The third-order valence-electron chi connectivity index (χ3n) is 1.33. The molecule has 1 atom stereocenters. The number of carbonyl (C=O) groups is 1. The Bertz CT molecular complexity index is 148. The average Bonchev–Trinajstić information content (AvgIpc) is 2.01. The van der Waals surface area contributed by atoms with Gasteiger partial charge in [-0.2, -0.15) is 11.8 Å². The van der Waals surface area contributed by atoms with Crippen LogP contribution >= 0.6 is 11.8 Å². The molecule has 0 radical (unpaired) electrons. The van der Waals surface area contributed by atoms with Gasteiger partial charge in [0.15, 0.2) is 0 Å². The zero-order valence-corrected chi connectivity index (χ0v) is 9.26. The summed E-state index contributed by atoms with van der Waals surface area (Å²) in [6.45, 7) is 6.25. The number of esters is 1. The van der Waals surface area contributed by atoms with Gasteiger partial charge in [0, 0.05) is 5.75 Å². The first-order valence-electron chi connectivity index (χ1n) is 4.51. The lowest BCUT2D eigenvalue weighted by atomic mass is 10.3. The molecule has 0 fully saturated rings. The quantitative estimate of drug-likeness (QED) is 0.668. The molecule has 0 aliphatic carbocycles. The highest BCUT2D eigenvalue weighted by Crippen LogP contribution is 2.12. The molecule has 78 valence electrons. The smallest absolute Gasteiger partial charge is 0.308 e. The SMILES string of the molecule is CCOC(=O)CC(O)CSC(C)C. The van der Waals surface area contributed by atoms with E-state index in [1.807, 2.05) is 0 Å². The molecule has 1 unspecified atom stereocenters.